The van der Waals surface area contributed by atoms with E-state index in [1.807, 2.05) is 26.2 Å². The maximum absolute atomic E-state index is 11.8. The van der Waals surface area contributed by atoms with Crippen molar-refractivity contribution in [3.63, 3.8) is 0 Å². The predicted molar refractivity (Wildman–Crippen MR) is 62.2 cm³/mol. The van der Waals surface area contributed by atoms with E-state index in [9.17, 15) is 4.79 Å². The van der Waals surface area contributed by atoms with Gasteiger partial charge in [0.15, 0.2) is 0 Å². The van der Waals surface area contributed by atoms with E-state index >= 15 is 0 Å². The molecule has 0 saturated heterocycles. The molecule has 1 aromatic heterocycles. The molecule has 0 fully saturated rings. The van der Waals surface area contributed by atoms with Crippen LogP contribution < -0.4 is 5.69 Å². The van der Waals surface area contributed by atoms with Crippen molar-refractivity contribution >= 4 is 11.0 Å². The third-order valence-corrected chi connectivity index (χ3v) is 2.94. The summed E-state index contributed by atoms with van der Waals surface area (Å²) < 4.78 is 3.42. The van der Waals surface area contributed by atoms with Crippen molar-refractivity contribution in [1.29, 1.82) is 0 Å². The van der Waals surface area contributed by atoms with Crippen molar-refractivity contribution in [3.05, 3.63) is 34.2 Å². The molecule has 0 saturated carbocycles. The lowest BCUT2D eigenvalue weighted by Crippen LogP contribution is -2.19. The summed E-state index contributed by atoms with van der Waals surface area (Å²) in [6, 6.07) is 6.09. The Kier molecular flexibility index (Phi) is 2.18. The molecular weight excluding hydrogens is 188 g/mol. The van der Waals surface area contributed by atoms with Crippen molar-refractivity contribution in [2.24, 2.45) is 14.1 Å². The predicted octanol–water partition coefficient (Wildman–Crippen LogP) is 2.00. The van der Waals surface area contributed by atoms with E-state index in [-0.39, 0.29) is 5.69 Å². The molecule has 0 spiro atoms. The van der Waals surface area contributed by atoms with E-state index in [0.29, 0.717) is 5.92 Å². The summed E-state index contributed by atoms with van der Waals surface area (Å²) in [5.41, 5.74) is 3.33. The lowest BCUT2D eigenvalue weighted by molar-refractivity contribution is 0.788. The maximum atomic E-state index is 11.8. The highest BCUT2D eigenvalue weighted by molar-refractivity contribution is 5.80. The van der Waals surface area contributed by atoms with Gasteiger partial charge in [-0.1, -0.05) is 26.0 Å². The van der Waals surface area contributed by atoms with Gasteiger partial charge in [0.25, 0.3) is 0 Å². The largest absolute Gasteiger partial charge is 0.328 e. The van der Waals surface area contributed by atoms with Gasteiger partial charge in [-0.15, -0.1) is 0 Å². The Balaban J connectivity index is 2.98. The van der Waals surface area contributed by atoms with Crippen molar-refractivity contribution in [3.8, 4) is 0 Å². The third kappa shape index (κ3) is 1.30. The number of imidazole rings is 1. The number of fused-ring (bicyclic) bond motifs is 1. The first-order chi connectivity index (χ1) is 7.04. The zero-order valence-corrected chi connectivity index (χ0v) is 9.61. The Hall–Kier alpha value is -1.51. The lowest BCUT2D eigenvalue weighted by Gasteiger charge is -2.07. The standard InChI is InChI=1S/C12H16N2O/c1-8(2)9-6-5-7-10-11(9)14(4)12(15)13(10)3/h5-8H,1-4H3. The summed E-state index contributed by atoms with van der Waals surface area (Å²) >= 11 is 0. The fraction of sp³-hybridized carbons (Fsp3) is 0.417. The highest BCUT2D eigenvalue weighted by atomic mass is 16.1. The van der Waals surface area contributed by atoms with Gasteiger partial charge in [-0.2, -0.15) is 0 Å². The molecule has 3 heteroatoms. The molecule has 0 amide bonds. The van der Waals surface area contributed by atoms with Crippen LogP contribution >= 0.6 is 0 Å². The zero-order valence-electron chi connectivity index (χ0n) is 9.61. The minimum Gasteiger partial charge on any atom is -0.295 e. The quantitative estimate of drug-likeness (QED) is 0.698. The van der Waals surface area contributed by atoms with E-state index < -0.39 is 0 Å². The average molecular weight is 204 g/mol. The van der Waals surface area contributed by atoms with Crippen LogP contribution in [0.4, 0.5) is 0 Å². The Morgan fingerprint density at radius 2 is 1.80 bits per heavy atom. The topological polar surface area (TPSA) is 26.9 Å². The number of aryl methyl sites for hydroxylation is 2. The van der Waals surface area contributed by atoms with Gasteiger partial charge in [-0.05, 0) is 17.5 Å². The summed E-state index contributed by atoms with van der Waals surface area (Å²) in [5.74, 6) is 0.432. The van der Waals surface area contributed by atoms with E-state index in [2.05, 4.69) is 19.9 Å². The van der Waals surface area contributed by atoms with Crippen LogP contribution in [-0.2, 0) is 14.1 Å². The molecule has 15 heavy (non-hydrogen) atoms. The van der Waals surface area contributed by atoms with Gasteiger partial charge in [0.2, 0.25) is 0 Å². The molecule has 0 aliphatic heterocycles. The average Bonchev–Trinajstić information content (AvgIpc) is 2.44. The van der Waals surface area contributed by atoms with Gasteiger partial charge < -0.3 is 0 Å². The second kappa shape index (κ2) is 3.26. The SMILES string of the molecule is CC(C)c1cccc2c1n(C)c(=O)n2C. The Labute approximate surface area is 88.9 Å². The Morgan fingerprint density at radius 1 is 1.13 bits per heavy atom. The van der Waals surface area contributed by atoms with Crippen LogP contribution in [0.2, 0.25) is 0 Å². The van der Waals surface area contributed by atoms with Crippen LogP contribution in [0.25, 0.3) is 11.0 Å². The summed E-state index contributed by atoms with van der Waals surface area (Å²) in [6.45, 7) is 4.29. The fourth-order valence-corrected chi connectivity index (χ4v) is 2.07. The normalized spacial score (nSPS) is 11.5. The first kappa shape index (κ1) is 10.0. The molecule has 0 unspecified atom stereocenters. The van der Waals surface area contributed by atoms with E-state index in [1.165, 1.54) is 5.56 Å². The number of para-hydroxylation sites is 1. The van der Waals surface area contributed by atoms with E-state index in [4.69, 9.17) is 0 Å². The molecule has 3 nitrogen and oxygen atoms in total. The van der Waals surface area contributed by atoms with Crippen molar-refractivity contribution in [2.75, 3.05) is 0 Å². The maximum Gasteiger partial charge on any atom is 0.328 e. The molecule has 2 aromatic rings. The minimum absolute atomic E-state index is 0.0399. The van der Waals surface area contributed by atoms with E-state index in [1.54, 1.807) is 9.13 Å². The van der Waals surface area contributed by atoms with Gasteiger partial charge in [-0.3, -0.25) is 9.13 Å². The Bertz CT molecular complexity index is 561. The van der Waals surface area contributed by atoms with Gasteiger partial charge in [0, 0.05) is 14.1 Å². The summed E-state index contributed by atoms with van der Waals surface area (Å²) in [4.78, 5) is 11.8. The number of rotatable bonds is 1. The van der Waals surface area contributed by atoms with Crippen LogP contribution in [0.1, 0.15) is 25.3 Å². The van der Waals surface area contributed by atoms with Gasteiger partial charge >= 0.3 is 5.69 Å². The first-order valence-electron chi connectivity index (χ1n) is 5.18. The molecule has 80 valence electrons. The molecule has 0 aliphatic rings. The fourth-order valence-electron chi connectivity index (χ4n) is 2.07. The highest BCUT2D eigenvalue weighted by Gasteiger charge is 2.12. The smallest absolute Gasteiger partial charge is 0.295 e. The number of benzene rings is 1. The van der Waals surface area contributed by atoms with Crippen LogP contribution in [0.5, 0.6) is 0 Å². The van der Waals surface area contributed by atoms with Crippen LogP contribution in [-0.4, -0.2) is 9.13 Å². The second-order valence-electron chi connectivity index (χ2n) is 4.27. The lowest BCUT2D eigenvalue weighted by atomic mass is 10.0. The second-order valence-corrected chi connectivity index (χ2v) is 4.27. The molecule has 1 aromatic carbocycles. The van der Waals surface area contributed by atoms with Crippen LogP contribution in [0.15, 0.2) is 23.0 Å². The van der Waals surface area contributed by atoms with Crippen molar-refractivity contribution < 1.29 is 0 Å². The van der Waals surface area contributed by atoms with Gasteiger partial charge in [0.05, 0.1) is 11.0 Å². The molecule has 0 bridgehead atoms. The first-order valence-corrected chi connectivity index (χ1v) is 5.18. The minimum atomic E-state index is 0.0399. The third-order valence-electron chi connectivity index (χ3n) is 2.94. The number of nitrogens with zero attached hydrogens (tertiary/aromatic N) is 2. The molecule has 2 rings (SSSR count). The number of hydrogen-bond donors (Lipinski definition) is 0. The summed E-state index contributed by atoms with van der Waals surface area (Å²) in [7, 11) is 3.64. The highest BCUT2D eigenvalue weighted by Crippen LogP contribution is 2.23. The van der Waals surface area contributed by atoms with Crippen molar-refractivity contribution in [2.45, 2.75) is 19.8 Å². The summed E-state index contributed by atoms with van der Waals surface area (Å²) in [6.07, 6.45) is 0. The van der Waals surface area contributed by atoms with Crippen LogP contribution in [0.3, 0.4) is 0 Å². The molecular formula is C12H16N2O. The molecule has 0 radical (unpaired) electrons. The molecule has 0 N–H and O–H groups in total. The number of aromatic nitrogens is 2. The Morgan fingerprint density at radius 3 is 2.40 bits per heavy atom. The summed E-state index contributed by atoms with van der Waals surface area (Å²) in [5, 5.41) is 0. The molecule has 0 atom stereocenters. The molecule has 1 heterocycles. The van der Waals surface area contributed by atoms with Gasteiger partial charge in [-0.25, -0.2) is 4.79 Å². The monoisotopic (exact) mass is 204 g/mol. The zero-order chi connectivity index (χ0) is 11.2. The molecule has 0 aliphatic carbocycles. The van der Waals surface area contributed by atoms with Crippen LogP contribution in [0, 0.1) is 0 Å². The van der Waals surface area contributed by atoms with Gasteiger partial charge in [0.1, 0.15) is 0 Å². The van der Waals surface area contributed by atoms with Crippen molar-refractivity contribution in [1.82, 2.24) is 9.13 Å². The van der Waals surface area contributed by atoms with E-state index in [0.717, 1.165) is 11.0 Å². The number of hydrogen-bond acceptors (Lipinski definition) is 1.